The lowest BCUT2D eigenvalue weighted by Gasteiger charge is -2.33. The second-order valence-corrected chi connectivity index (χ2v) is 2.99. The Bertz CT molecular complexity index is 127. The lowest BCUT2D eigenvalue weighted by atomic mass is 10.0. The van der Waals surface area contributed by atoms with E-state index >= 15 is 0 Å². The lowest BCUT2D eigenvalue weighted by Crippen LogP contribution is -2.46. The Kier molecular flexibility index (Phi) is 2.27. The summed E-state index contributed by atoms with van der Waals surface area (Å²) >= 11 is 0. The molecule has 10 heavy (non-hydrogen) atoms. The van der Waals surface area contributed by atoms with Gasteiger partial charge in [-0.15, -0.1) is 0 Å². The van der Waals surface area contributed by atoms with E-state index in [1.165, 1.54) is 0 Å². The predicted octanol–water partition coefficient (Wildman–Crippen LogP) is -0.0456. The van der Waals surface area contributed by atoms with E-state index in [9.17, 15) is 4.79 Å². The highest BCUT2D eigenvalue weighted by Crippen LogP contribution is 2.13. The van der Waals surface area contributed by atoms with Gasteiger partial charge in [0.25, 0.3) is 0 Å². The van der Waals surface area contributed by atoms with Gasteiger partial charge in [-0.05, 0) is 19.8 Å². The number of carbonyl (C=O) groups excluding carboxylic acids is 1. The molecule has 2 atom stereocenters. The first-order valence-corrected chi connectivity index (χ1v) is 3.70. The standard InChI is InChI=1S/C7H14N2O/c1-6-2-3-7(8)4-9(6)5-10/h5-7H,2-4,8H2,1H3. The number of carbonyl (C=O) groups is 1. The fourth-order valence-corrected chi connectivity index (χ4v) is 1.31. The molecule has 1 aliphatic heterocycles. The molecule has 0 aliphatic carbocycles. The monoisotopic (exact) mass is 142 g/mol. The van der Waals surface area contributed by atoms with Crippen molar-refractivity contribution in [2.45, 2.75) is 31.8 Å². The molecule has 0 aromatic heterocycles. The molecule has 0 aromatic rings. The average molecular weight is 142 g/mol. The van der Waals surface area contributed by atoms with E-state index in [0.29, 0.717) is 6.04 Å². The van der Waals surface area contributed by atoms with Crippen molar-refractivity contribution in [1.29, 1.82) is 0 Å². The summed E-state index contributed by atoms with van der Waals surface area (Å²) in [7, 11) is 0. The Hall–Kier alpha value is -0.570. The molecule has 1 rings (SSSR count). The molecule has 0 radical (unpaired) electrons. The van der Waals surface area contributed by atoms with Crippen LogP contribution in [0.5, 0.6) is 0 Å². The van der Waals surface area contributed by atoms with Crippen molar-refractivity contribution in [2.75, 3.05) is 6.54 Å². The third-order valence-corrected chi connectivity index (χ3v) is 2.10. The summed E-state index contributed by atoms with van der Waals surface area (Å²) in [6.45, 7) is 2.78. The first kappa shape index (κ1) is 7.54. The molecule has 1 fully saturated rings. The zero-order valence-corrected chi connectivity index (χ0v) is 6.29. The fraction of sp³-hybridized carbons (Fsp3) is 0.857. The Morgan fingerprint density at radius 1 is 1.60 bits per heavy atom. The summed E-state index contributed by atoms with van der Waals surface area (Å²) in [6, 6.07) is 0.582. The van der Waals surface area contributed by atoms with Crippen LogP contribution in [0.4, 0.5) is 0 Å². The lowest BCUT2D eigenvalue weighted by molar-refractivity contribution is -0.121. The first-order valence-electron chi connectivity index (χ1n) is 3.70. The quantitative estimate of drug-likeness (QED) is 0.522. The van der Waals surface area contributed by atoms with Gasteiger partial charge in [-0.2, -0.15) is 0 Å². The number of nitrogens with zero attached hydrogens (tertiary/aromatic N) is 1. The molecule has 2 unspecified atom stereocenters. The van der Waals surface area contributed by atoms with Gasteiger partial charge in [0.2, 0.25) is 6.41 Å². The van der Waals surface area contributed by atoms with Crippen LogP contribution in [0.3, 0.4) is 0 Å². The summed E-state index contributed by atoms with van der Waals surface area (Å²) in [6.07, 6.45) is 2.98. The maximum atomic E-state index is 10.4. The Morgan fingerprint density at radius 2 is 2.30 bits per heavy atom. The van der Waals surface area contributed by atoms with Crippen LogP contribution in [0.1, 0.15) is 19.8 Å². The van der Waals surface area contributed by atoms with Gasteiger partial charge in [0.15, 0.2) is 0 Å². The van der Waals surface area contributed by atoms with Crippen molar-refractivity contribution in [2.24, 2.45) is 5.73 Å². The average Bonchev–Trinajstić information content (AvgIpc) is 1.94. The Labute approximate surface area is 61.2 Å². The van der Waals surface area contributed by atoms with Gasteiger partial charge in [-0.1, -0.05) is 0 Å². The van der Waals surface area contributed by atoms with Gasteiger partial charge < -0.3 is 10.6 Å². The Balaban J connectivity index is 2.45. The summed E-state index contributed by atoms with van der Waals surface area (Å²) in [5, 5.41) is 0. The van der Waals surface area contributed by atoms with Crippen molar-refractivity contribution in [3.8, 4) is 0 Å². The molecule has 3 nitrogen and oxygen atoms in total. The molecular formula is C7H14N2O. The predicted molar refractivity (Wildman–Crippen MR) is 39.4 cm³/mol. The summed E-state index contributed by atoms with van der Waals surface area (Å²) in [5.74, 6) is 0. The maximum Gasteiger partial charge on any atom is 0.209 e. The van der Waals surface area contributed by atoms with E-state index in [2.05, 4.69) is 6.92 Å². The largest absolute Gasteiger partial charge is 0.341 e. The number of hydrogen-bond acceptors (Lipinski definition) is 2. The number of likely N-dealkylation sites (tertiary alicyclic amines) is 1. The van der Waals surface area contributed by atoms with Crippen molar-refractivity contribution in [3.63, 3.8) is 0 Å². The molecule has 0 saturated carbocycles. The van der Waals surface area contributed by atoms with Crippen LogP contribution in [0.2, 0.25) is 0 Å². The van der Waals surface area contributed by atoms with E-state index in [4.69, 9.17) is 5.73 Å². The first-order chi connectivity index (χ1) is 4.74. The van der Waals surface area contributed by atoms with Gasteiger partial charge in [-0.25, -0.2) is 0 Å². The molecule has 3 heteroatoms. The van der Waals surface area contributed by atoms with Crippen molar-refractivity contribution < 1.29 is 4.79 Å². The minimum Gasteiger partial charge on any atom is -0.341 e. The summed E-state index contributed by atoms with van der Waals surface area (Å²) in [4.78, 5) is 12.2. The second-order valence-electron chi connectivity index (χ2n) is 2.99. The van der Waals surface area contributed by atoms with E-state index in [1.54, 1.807) is 4.90 Å². The van der Waals surface area contributed by atoms with E-state index < -0.39 is 0 Å². The third-order valence-electron chi connectivity index (χ3n) is 2.10. The zero-order chi connectivity index (χ0) is 7.56. The van der Waals surface area contributed by atoms with Crippen LogP contribution in [0, 0.1) is 0 Å². The van der Waals surface area contributed by atoms with Crippen LogP contribution < -0.4 is 5.73 Å². The van der Waals surface area contributed by atoms with Crippen LogP contribution in [-0.4, -0.2) is 29.9 Å². The van der Waals surface area contributed by atoms with Gasteiger partial charge >= 0.3 is 0 Å². The molecule has 1 heterocycles. The molecule has 0 aromatic carbocycles. The number of rotatable bonds is 1. The molecule has 1 aliphatic rings. The SMILES string of the molecule is CC1CCC(N)CN1C=O. The summed E-state index contributed by atoms with van der Waals surface area (Å²) < 4.78 is 0. The van der Waals surface area contributed by atoms with Crippen LogP contribution >= 0.6 is 0 Å². The van der Waals surface area contributed by atoms with Crippen molar-refractivity contribution in [3.05, 3.63) is 0 Å². The van der Waals surface area contributed by atoms with Gasteiger partial charge in [0.1, 0.15) is 0 Å². The smallest absolute Gasteiger partial charge is 0.209 e. The molecule has 58 valence electrons. The molecule has 0 bridgehead atoms. The van der Waals surface area contributed by atoms with Crippen molar-refractivity contribution >= 4 is 6.41 Å². The van der Waals surface area contributed by atoms with Gasteiger partial charge in [-0.3, -0.25) is 4.79 Å². The normalized spacial score (nSPS) is 34.0. The fourth-order valence-electron chi connectivity index (χ4n) is 1.31. The van der Waals surface area contributed by atoms with E-state index in [-0.39, 0.29) is 6.04 Å². The molecule has 0 spiro atoms. The molecule has 2 N–H and O–H groups in total. The van der Waals surface area contributed by atoms with E-state index in [1.807, 2.05) is 0 Å². The third kappa shape index (κ3) is 1.48. The van der Waals surface area contributed by atoms with Crippen LogP contribution in [0.25, 0.3) is 0 Å². The minimum absolute atomic E-state index is 0.196. The highest BCUT2D eigenvalue weighted by atomic mass is 16.1. The van der Waals surface area contributed by atoms with Crippen molar-refractivity contribution in [1.82, 2.24) is 4.90 Å². The minimum atomic E-state index is 0.196. The summed E-state index contributed by atoms with van der Waals surface area (Å²) in [5.41, 5.74) is 5.66. The molecule has 1 saturated heterocycles. The van der Waals surface area contributed by atoms with Gasteiger partial charge in [0.05, 0.1) is 0 Å². The second kappa shape index (κ2) is 3.01. The molecular weight excluding hydrogens is 128 g/mol. The zero-order valence-electron chi connectivity index (χ0n) is 6.29. The topological polar surface area (TPSA) is 46.3 Å². The number of amides is 1. The molecule has 1 amide bonds. The number of nitrogens with two attached hydrogens (primary N) is 1. The number of hydrogen-bond donors (Lipinski definition) is 1. The maximum absolute atomic E-state index is 10.4. The highest BCUT2D eigenvalue weighted by Gasteiger charge is 2.20. The van der Waals surface area contributed by atoms with E-state index in [0.717, 1.165) is 25.8 Å². The van der Waals surface area contributed by atoms with Gasteiger partial charge in [0, 0.05) is 18.6 Å². The van der Waals surface area contributed by atoms with Crippen LogP contribution in [-0.2, 0) is 4.79 Å². The van der Waals surface area contributed by atoms with Crippen LogP contribution in [0.15, 0.2) is 0 Å². The Morgan fingerprint density at radius 3 is 2.80 bits per heavy atom. The highest BCUT2D eigenvalue weighted by molar-refractivity contribution is 5.48. The number of piperidine rings is 1.